The van der Waals surface area contributed by atoms with Crippen LogP contribution in [0.1, 0.15) is 11.1 Å². The minimum Gasteiger partial charge on any atom is -0.490 e. The van der Waals surface area contributed by atoms with Gasteiger partial charge in [-0.05, 0) is 35.4 Å². The van der Waals surface area contributed by atoms with Crippen molar-refractivity contribution in [3.63, 3.8) is 0 Å². The van der Waals surface area contributed by atoms with Gasteiger partial charge in [-0.2, -0.15) is 10.5 Å². The van der Waals surface area contributed by atoms with Crippen molar-refractivity contribution in [1.82, 2.24) is 0 Å². The molecule has 0 bridgehead atoms. The van der Waals surface area contributed by atoms with Crippen molar-refractivity contribution in [3.8, 4) is 29.0 Å². The molecule has 3 heteroatoms. The van der Waals surface area contributed by atoms with Crippen molar-refractivity contribution >= 4 is 0 Å². The van der Waals surface area contributed by atoms with Crippen LogP contribution in [-0.4, -0.2) is 6.61 Å². The molecule has 0 aliphatic carbocycles. The molecule has 0 atom stereocenters. The molecule has 0 unspecified atom stereocenters. The zero-order chi connectivity index (χ0) is 14.4. The number of hydrogen-bond acceptors (Lipinski definition) is 3. The molecular weight excluding hydrogens is 248 g/mol. The van der Waals surface area contributed by atoms with Crippen LogP contribution in [0, 0.1) is 22.7 Å². The first-order valence-corrected chi connectivity index (χ1v) is 6.07. The lowest BCUT2D eigenvalue weighted by Crippen LogP contribution is -1.92. The third kappa shape index (κ3) is 2.85. The Labute approximate surface area is 118 Å². The summed E-state index contributed by atoms with van der Waals surface area (Å²) in [7, 11) is 0. The molecule has 0 saturated heterocycles. The van der Waals surface area contributed by atoms with Crippen LogP contribution >= 0.6 is 0 Å². The molecule has 0 aliphatic heterocycles. The van der Waals surface area contributed by atoms with E-state index in [-0.39, 0.29) is 0 Å². The van der Waals surface area contributed by atoms with Crippen LogP contribution in [-0.2, 0) is 0 Å². The van der Waals surface area contributed by atoms with Crippen molar-refractivity contribution in [3.05, 3.63) is 66.2 Å². The number of ether oxygens (including phenoxy) is 1. The highest BCUT2D eigenvalue weighted by Gasteiger charge is 2.06. The molecule has 0 radical (unpaired) electrons. The minimum atomic E-state index is 0.458. The first kappa shape index (κ1) is 13.4. The van der Waals surface area contributed by atoms with Crippen molar-refractivity contribution in [1.29, 1.82) is 10.5 Å². The fraction of sp³-hybridized carbons (Fsp3) is 0.0588. The Morgan fingerprint density at radius 1 is 1.05 bits per heavy atom. The number of benzene rings is 2. The third-order valence-electron chi connectivity index (χ3n) is 2.80. The Balaban J connectivity index is 2.35. The van der Waals surface area contributed by atoms with Crippen molar-refractivity contribution in [2.45, 2.75) is 0 Å². The van der Waals surface area contributed by atoms with E-state index >= 15 is 0 Å². The first-order chi connectivity index (χ1) is 9.78. The number of hydrogen-bond donors (Lipinski definition) is 0. The predicted molar refractivity (Wildman–Crippen MR) is 77.0 cm³/mol. The Bertz CT molecular complexity index is 703. The topological polar surface area (TPSA) is 56.8 Å². The van der Waals surface area contributed by atoms with Crippen LogP contribution in [0.5, 0.6) is 5.75 Å². The summed E-state index contributed by atoms with van der Waals surface area (Å²) in [6.45, 7) is 4.05. The molecule has 0 saturated carbocycles. The zero-order valence-corrected chi connectivity index (χ0v) is 10.8. The van der Waals surface area contributed by atoms with Gasteiger partial charge in [-0.15, -0.1) is 0 Å². The van der Waals surface area contributed by atoms with Crippen LogP contribution in [0.15, 0.2) is 55.1 Å². The summed E-state index contributed by atoms with van der Waals surface area (Å²) in [4.78, 5) is 0. The average Bonchev–Trinajstić information content (AvgIpc) is 2.52. The Kier molecular flexibility index (Phi) is 4.17. The third-order valence-corrected chi connectivity index (χ3v) is 2.80. The van der Waals surface area contributed by atoms with E-state index in [2.05, 4.69) is 12.6 Å². The number of rotatable bonds is 4. The highest BCUT2D eigenvalue weighted by Crippen LogP contribution is 2.26. The molecule has 3 nitrogen and oxygen atoms in total. The minimum absolute atomic E-state index is 0.458. The Morgan fingerprint density at radius 2 is 1.80 bits per heavy atom. The quantitative estimate of drug-likeness (QED) is 0.788. The van der Waals surface area contributed by atoms with Gasteiger partial charge < -0.3 is 4.74 Å². The van der Waals surface area contributed by atoms with Gasteiger partial charge in [0, 0.05) is 0 Å². The smallest absolute Gasteiger partial charge is 0.119 e. The van der Waals surface area contributed by atoms with Gasteiger partial charge in [-0.3, -0.25) is 0 Å². The number of nitrogens with zero attached hydrogens (tertiary/aromatic N) is 2. The standard InChI is InChI=1S/C17H12N2O/c1-2-9-20-16-6-4-14(5-7-16)17-8-3-13(11-18)10-15(17)12-19/h2-8,10H,1,9H2. The predicted octanol–water partition coefficient (Wildman–Crippen LogP) is 3.66. The maximum Gasteiger partial charge on any atom is 0.119 e. The summed E-state index contributed by atoms with van der Waals surface area (Å²) in [6.07, 6.45) is 1.68. The lowest BCUT2D eigenvalue weighted by atomic mass is 9.98. The molecule has 0 heterocycles. The van der Waals surface area contributed by atoms with Gasteiger partial charge in [0.05, 0.1) is 23.3 Å². The van der Waals surface area contributed by atoms with Gasteiger partial charge in [-0.1, -0.05) is 30.9 Å². The SMILES string of the molecule is C=CCOc1ccc(-c2ccc(C#N)cc2C#N)cc1. The molecular formula is C17H12N2O. The lowest BCUT2D eigenvalue weighted by Gasteiger charge is -2.07. The van der Waals surface area contributed by atoms with Crippen LogP contribution in [0.25, 0.3) is 11.1 Å². The second-order valence-corrected chi connectivity index (χ2v) is 4.11. The van der Waals surface area contributed by atoms with Crippen molar-refractivity contribution < 1.29 is 4.74 Å². The van der Waals surface area contributed by atoms with Crippen LogP contribution in [0.2, 0.25) is 0 Å². The molecule has 2 rings (SSSR count). The van der Waals surface area contributed by atoms with Gasteiger partial charge in [0.25, 0.3) is 0 Å². The molecule has 0 spiro atoms. The van der Waals surface area contributed by atoms with Crippen LogP contribution < -0.4 is 4.74 Å². The van der Waals surface area contributed by atoms with E-state index < -0.39 is 0 Å². The van der Waals surface area contributed by atoms with Crippen LogP contribution in [0.4, 0.5) is 0 Å². The normalized spacial score (nSPS) is 9.30. The zero-order valence-electron chi connectivity index (χ0n) is 10.8. The summed E-state index contributed by atoms with van der Waals surface area (Å²) in [6, 6.07) is 16.7. The molecule has 0 N–H and O–H groups in total. The highest BCUT2D eigenvalue weighted by molar-refractivity contribution is 5.72. The summed E-state index contributed by atoms with van der Waals surface area (Å²) >= 11 is 0. The van der Waals surface area contributed by atoms with E-state index in [0.29, 0.717) is 17.7 Å². The Morgan fingerprint density at radius 3 is 2.40 bits per heavy atom. The van der Waals surface area contributed by atoms with E-state index in [9.17, 15) is 5.26 Å². The molecule has 0 aliphatic rings. The van der Waals surface area contributed by atoms with E-state index in [1.807, 2.05) is 30.3 Å². The fourth-order valence-electron chi connectivity index (χ4n) is 1.84. The monoisotopic (exact) mass is 260 g/mol. The van der Waals surface area contributed by atoms with E-state index in [1.165, 1.54) is 0 Å². The second-order valence-electron chi connectivity index (χ2n) is 4.11. The molecule has 0 aromatic heterocycles. The molecule has 0 fully saturated rings. The van der Waals surface area contributed by atoms with Gasteiger partial charge >= 0.3 is 0 Å². The van der Waals surface area contributed by atoms with Crippen molar-refractivity contribution in [2.75, 3.05) is 6.61 Å². The summed E-state index contributed by atoms with van der Waals surface area (Å²) in [5.41, 5.74) is 2.69. The maximum absolute atomic E-state index is 9.18. The molecule has 96 valence electrons. The summed E-state index contributed by atoms with van der Waals surface area (Å²) in [5.74, 6) is 0.751. The fourth-order valence-corrected chi connectivity index (χ4v) is 1.84. The summed E-state index contributed by atoms with van der Waals surface area (Å²) in [5, 5.41) is 18.0. The molecule has 20 heavy (non-hydrogen) atoms. The highest BCUT2D eigenvalue weighted by atomic mass is 16.5. The van der Waals surface area contributed by atoms with E-state index in [0.717, 1.165) is 16.9 Å². The van der Waals surface area contributed by atoms with E-state index in [4.69, 9.17) is 10.00 Å². The van der Waals surface area contributed by atoms with Crippen LogP contribution in [0.3, 0.4) is 0 Å². The molecule has 2 aromatic rings. The second kappa shape index (κ2) is 6.22. The van der Waals surface area contributed by atoms with Gasteiger partial charge in [0.2, 0.25) is 0 Å². The molecule has 2 aromatic carbocycles. The van der Waals surface area contributed by atoms with Crippen molar-refractivity contribution in [2.24, 2.45) is 0 Å². The number of nitriles is 2. The van der Waals surface area contributed by atoms with Gasteiger partial charge in [0.1, 0.15) is 12.4 Å². The van der Waals surface area contributed by atoms with Gasteiger partial charge in [0.15, 0.2) is 0 Å². The maximum atomic E-state index is 9.18. The largest absolute Gasteiger partial charge is 0.490 e. The average molecular weight is 260 g/mol. The Hall–Kier alpha value is -3.04. The first-order valence-electron chi connectivity index (χ1n) is 6.07. The molecule has 0 amide bonds. The van der Waals surface area contributed by atoms with E-state index in [1.54, 1.807) is 24.3 Å². The lowest BCUT2D eigenvalue weighted by molar-refractivity contribution is 0.363. The summed E-state index contributed by atoms with van der Waals surface area (Å²) < 4.78 is 5.41. The van der Waals surface area contributed by atoms with Gasteiger partial charge in [-0.25, -0.2) is 0 Å².